The van der Waals surface area contributed by atoms with E-state index in [4.69, 9.17) is 0 Å². The fourth-order valence-electron chi connectivity index (χ4n) is 3.28. The number of fused-ring (bicyclic) bond motifs is 1. The molecule has 3 nitrogen and oxygen atoms in total. The number of nitrogens with two attached hydrogens (primary N) is 1. The van der Waals surface area contributed by atoms with E-state index < -0.39 is 0 Å². The Labute approximate surface area is 145 Å². The molecule has 1 amide bonds. The number of benzene rings is 2. The number of nitrogens with zero attached hydrogens (tertiary/aromatic N) is 1. The molecule has 0 unspecified atom stereocenters. The summed E-state index contributed by atoms with van der Waals surface area (Å²) in [6.07, 6.45) is 0.953. The summed E-state index contributed by atoms with van der Waals surface area (Å²) in [5, 5.41) is 2.14. The number of hydrogen-bond donors (Lipinski definition) is 1. The molecule has 0 fully saturated rings. The molecule has 120 valence electrons. The van der Waals surface area contributed by atoms with Gasteiger partial charge in [-0.2, -0.15) is 0 Å². The van der Waals surface area contributed by atoms with Crippen molar-refractivity contribution in [1.82, 2.24) is 0 Å². The molecule has 0 saturated carbocycles. The molecule has 3 rings (SSSR count). The van der Waals surface area contributed by atoms with Crippen molar-refractivity contribution in [2.24, 2.45) is 0 Å². The number of amides is 1. The third kappa shape index (κ3) is 3.33. The van der Waals surface area contributed by atoms with Crippen molar-refractivity contribution in [3.8, 4) is 0 Å². The van der Waals surface area contributed by atoms with Gasteiger partial charge in [0.25, 0.3) is 5.91 Å². The van der Waals surface area contributed by atoms with Gasteiger partial charge in [0.1, 0.15) is 6.04 Å². The van der Waals surface area contributed by atoms with Crippen LogP contribution in [0.2, 0.25) is 0 Å². The van der Waals surface area contributed by atoms with Gasteiger partial charge in [0, 0.05) is 22.3 Å². The van der Waals surface area contributed by atoms with E-state index in [9.17, 15) is 4.79 Å². The number of halogens is 1. The zero-order chi connectivity index (χ0) is 16.4. The summed E-state index contributed by atoms with van der Waals surface area (Å²) in [6.45, 7) is 4.93. The number of rotatable bonds is 4. The van der Waals surface area contributed by atoms with Crippen LogP contribution in [0.3, 0.4) is 0 Å². The predicted molar refractivity (Wildman–Crippen MR) is 96.4 cm³/mol. The fourth-order valence-corrected chi connectivity index (χ4v) is 3.92. The number of quaternary nitrogens is 1. The Kier molecular flexibility index (Phi) is 4.83. The lowest BCUT2D eigenvalue weighted by atomic mass is 10.1. The molecule has 23 heavy (non-hydrogen) atoms. The second-order valence-electron chi connectivity index (χ2n) is 6.16. The topological polar surface area (TPSA) is 36.9 Å². The Morgan fingerprint density at radius 1 is 1.13 bits per heavy atom. The van der Waals surface area contributed by atoms with Crippen LogP contribution in [-0.2, 0) is 11.2 Å². The third-order valence-electron chi connectivity index (χ3n) is 4.52. The number of hydrogen-bond acceptors (Lipinski definition) is 1. The van der Waals surface area contributed by atoms with Crippen molar-refractivity contribution in [3.05, 3.63) is 64.1 Å². The maximum absolute atomic E-state index is 12.8. The van der Waals surface area contributed by atoms with Gasteiger partial charge in [-0.3, -0.25) is 4.79 Å². The molecular weight excluding hydrogens is 352 g/mol. The Hall–Kier alpha value is -1.65. The number of carbonyl (C=O) groups is 1. The summed E-state index contributed by atoms with van der Waals surface area (Å²) in [5.74, 6) is 0.189. The molecule has 0 radical (unpaired) electrons. The first kappa shape index (κ1) is 16.2. The monoisotopic (exact) mass is 373 g/mol. The molecule has 2 atom stereocenters. The van der Waals surface area contributed by atoms with Gasteiger partial charge in [0.05, 0.1) is 0 Å². The quantitative estimate of drug-likeness (QED) is 0.878. The average Bonchev–Trinajstić information content (AvgIpc) is 2.98. The minimum absolute atomic E-state index is 0.108. The first-order valence-electron chi connectivity index (χ1n) is 8.06. The van der Waals surface area contributed by atoms with Crippen LogP contribution in [0.4, 0.5) is 5.69 Å². The predicted octanol–water partition coefficient (Wildman–Crippen LogP) is 3.05. The van der Waals surface area contributed by atoms with Gasteiger partial charge in [-0.25, -0.2) is 0 Å². The fraction of sp³-hybridized carbons (Fsp3) is 0.316. The second kappa shape index (κ2) is 6.85. The van der Waals surface area contributed by atoms with Crippen molar-refractivity contribution in [3.63, 3.8) is 0 Å². The van der Waals surface area contributed by atoms with Crippen molar-refractivity contribution >= 4 is 27.5 Å². The third-order valence-corrected chi connectivity index (χ3v) is 5.24. The summed E-state index contributed by atoms with van der Waals surface area (Å²) in [7, 11) is 0. The highest BCUT2D eigenvalue weighted by Gasteiger charge is 2.30. The summed E-state index contributed by atoms with van der Waals surface area (Å²) in [6, 6.07) is 16.5. The smallest absolute Gasteiger partial charge is 0.284 e. The van der Waals surface area contributed by atoms with Crippen molar-refractivity contribution in [2.45, 2.75) is 32.4 Å². The molecular formula is C19H22BrN2O+. The van der Waals surface area contributed by atoms with Crippen LogP contribution in [0, 0.1) is 0 Å². The number of carbonyl (C=O) groups excluding carboxylic acids is 1. The molecule has 1 aliphatic rings. The maximum atomic E-state index is 12.8. The minimum atomic E-state index is -0.108. The largest absolute Gasteiger partial charge is 0.330 e. The van der Waals surface area contributed by atoms with E-state index >= 15 is 0 Å². The number of anilines is 1. The summed E-state index contributed by atoms with van der Waals surface area (Å²) in [4.78, 5) is 14.8. The zero-order valence-electron chi connectivity index (χ0n) is 13.5. The molecule has 2 aromatic carbocycles. The van der Waals surface area contributed by atoms with Gasteiger partial charge in [0.2, 0.25) is 0 Å². The van der Waals surface area contributed by atoms with Gasteiger partial charge in [0.15, 0.2) is 6.04 Å². The first-order chi connectivity index (χ1) is 11.1. The van der Waals surface area contributed by atoms with Gasteiger partial charge < -0.3 is 10.2 Å². The summed E-state index contributed by atoms with van der Waals surface area (Å²) in [5.41, 5.74) is 3.56. The second-order valence-corrected chi connectivity index (χ2v) is 7.01. The van der Waals surface area contributed by atoms with Gasteiger partial charge in [-0.1, -0.05) is 52.3 Å². The Bertz CT molecular complexity index is 716. The van der Waals surface area contributed by atoms with Crippen LogP contribution in [0.15, 0.2) is 53.0 Å². The molecule has 2 N–H and O–H groups in total. The van der Waals surface area contributed by atoms with Crippen LogP contribution in [0.25, 0.3) is 0 Å². The van der Waals surface area contributed by atoms with Crippen molar-refractivity contribution < 1.29 is 10.1 Å². The number of para-hydroxylation sites is 1. The van der Waals surface area contributed by atoms with E-state index in [-0.39, 0.29) is 18.0 Å². The zero-order valence-corrected chi connectivity index (χ0v) is 15.1. The maximum Gasteiger partial charge on any atom is 0.284 e. The van der Waals surface area contributed by atoms with E-state index in [0.29, 0.717) is 0 Å². The highest BCUT2D eigenvalue weighted by atomic mass is 79.9. The molecule has 0 saturated heterocycles. The molecule has 0 aromatic heterocycles. The van der Waals surface area contributed by atoms with Crippen LogP contribution < -0.4 is 10.2 Å². The first-order valence-corrected chi connectivity index (χ1v) is 8.86. The Morgan fingerprint density at radius 2 is 1.83 bits per heavy atom. The SMILES string of the molecule is C[C@@H]([NH2+][C@H](C)c1ccccc1Br)C(=O)N1CCc2ccccc21. The lowest BCUT2D eigenvalue weighted by Gasteiger charge is -2.23. The lowest BCUT2D eigenvalue weighted by molar-refractivity contribution is -0.710. The highest BCUT2D eigenvalue weighted by Crippen LogP contribution is 2.27. The highest BCUT2D eigenvalue weighted by molar-refractivity contribution is 9.10. The lowest BCUT2D eigenvalue weighted by Crippen LogP contribution is -2.92. The standard InChI is InChI=1S/C19H21BrN2O/c1-13(16-8-4-5-9-17(16)20)21-14(2)19(23)22-12-11-15-7-3-6-10-18(15)22/h3-10,13-14,21H,11-12H2,1-2H3/p+1/t13-,14-/m1/s1. The Balaban J connectivity index is 1.70. The molecule has 2 aromatic rings. The van der Waals surface area contributed by atoms with E-state index in [1.807, 2.05) is 48.2 Å². The van der Waals surface area contributed by atoms with E-state index in [1.165, 1.54) is 11.1 Å². The Morgan fingerprint density at radius 3 is 2.61 bits per heavy atom. The average molecular weight is 374 g/mol. The molecule has 0 spiro atoms. The summed E-state index contributed by atoms with van der Waals surface area (Å²) < 4.78 is 1.09. The molecule has 0 bridgehead atoms. The van der Waals surface area contributed by atoms with Crippen LogP contribution in [-0.4, -0.2) is 18.5 Å². The molecule has 1 aliphatic heterocycles. The molecule has 0 aliphatic carbocycles. The van der Waals surface area contributed by atoms with Crippen molar-refractivity contribution in [1.29, 1.82) is 0 Å². The van der Waals surface area contributed by atoms with Crippen LogP contribution in [0.5, 0.6) is 0 Å². The molecule has 1 heterocycles. The minimum Gasteiger partial charge on any atom is -0.330 e. The van der Waals surface area contributed by atoms with Gasteiger partial charge in [-0.05, 0) is 38.0 Å². The van der Waals surface area contributed by atoms with E-state index in [1.54, 1.807) is 0 Å². The van der Waals surface area contributed by atoms with Gasteiger partial charge >= 0.3 is 0 Å². The van der Waals surface area contributed by atoms with E-state index in [0.717, 1.165) is 23.1 Å². The van der Waals surface area contributed by atoms with Crippen molar-refractivity contribution in [2.75, 3.05) is 11.4 Å². The normalized spacial score (nSPS) is 16.0. The van der Waals surface area contributed by atoms with Crippen LogP contribution >= 0.6 is 15.9 Å². The molecule has 4 heteroatoms. The van der Waals surface area contributed by atoms with E-state index in [2.05, 4.69) is 40.3 Å². The van der Waals surface area contributed by atoms with Gasteiger partial charge in [-0.15, -0.1) is 0 Å². The summed E-state index contributed by atoms with van der Waals surface area (Å²) >= 11 is 3.60. The van der Waals surface area contributed by atoms with Crippen LogP contribution in [0.1, 0.15) is 31.0 Å².